The molecule has 0 fully saturated rings. The van der Waals surface area contributed by atoms with Gasteiger partial charge in [0, 0.05) is 16.9 Å². The Labute approximate surface area is 180 Å². The number of carbonyl (C=O) groups is 2. The molecule has 0 aromatic heterocycles. The number of hydrogen-bond donors (Lipinski definition) is 2. The van der Waals surface area contributed by atoms with E-state index in [0.717, 1.165) is 23.2 Å². The van der Waals surface area contributed by atoms with E-state index in [4.69, 9.17) is 4.74 Å². The summed E-state index contributed by atoms with van der Waals surface area (Å²) in [5, 5.41) is 6.51. The van der Waals surface area contributed by atoms with Gasteiger partial charge in [-0.2, -0.15) is 0 Å². The van der Waals surface area contributed by atoms with E-state index in [1.807, 2.05) is 36.4 Å². The van der Waals surface area contributed by atoms with Crippen LogP contribution in [0.3, 0.4) is 0 Å². The van der Waals surface area contributed by atoms with Gasteiger partial charge in [0.1, 0.15) is 11.6 Å². The minimum atomic E-state index is -0.383. The SMILES string of the molecule is CC1(C)CC(c2ccccc2NC(=O)c2ccc(F)cc2)Nc2ccc(OC=O)cc21. The highest BCUT2D eigenvalue weighted by Crippen LogP contribution is 2.46. The maximum absolute atomic E-state index is 13.2. The molecule has 0 spiro atoms. The summed E-state index contributed by atoms with van der Waals surface area (Å²) in [4.78, 5) is 23.4. The molecule has 5 nitrogen and oxygen atoms in total. The number of amides is 1. The predicted octanol–water partition coefficient (Wildman–Crippen LogP) is 5.45. The molecule has 3 aromatic carbocycles. The standard InChI is InChI=1S/C25H23FN2O3/c1-25(2)14-23(27-22-12-11-18(31-15-29)13-20(22)25)19-5-3-4-6-21(19)28-24(30)16-7-9-17(26)10-8-16/h3-13,15,23,27H,14H2,1-2H3,(H,28,30). The van der Waals surface area contributed by atoms with Gasteiger partial charge >= 0.3 is 0 Å². The Morgan fingerprint density at radius 3 is 2.61 bits per heavy atom. The number of anilines is 2. The van der Waals surface area contributed by atoms with Gasteiger partial charge in [-0.15, -0.1) is 0 Å². The van der Waals surface area contributed by atoms with Crippen LogP contribution in [-0.4, -0.2) is 12.4 Å². The molecule has 0 radical (unpaired) electrons. The van der Waals surface area contributed by atoms with Crippen LogP contribution in [0.5, 0.6) is 5.75 Å². The zero-order valence-electron chi connectivity index (χ0n) is 17.3. The number of rotatable bonds is 5. The van der Waals surface area contributed by atoms with Crippen LogP contribution in [-0.2, 0) is 10.2 Å². The predicted molar refractivity (Wildman–Crippen MR) is 118 cm³/mol. The van der Waals surface area contributed by atoms with Crippen LogP contribution in [0.15, 0.2) is 66.7 Å². The molecular weight excluding hydrogens is 395 g/mol. The molecule has 1 aliphatic heterocycles. The third-order valence-electron chi connectivity index (χ3n) is 5.64. The number of benzene rings is 3. The van der Waals surface area contributed by atoms with Crippen molar-refractivity contribution in [3.8, 4) is 5.75 Å². The lowest BCUT2D eigenvalue weighted by Crippen LogP contribution is -2.31. The lowest BCUT2D eigenvalue weighted by Gasteiger charge is -2.39. The van der Waals surface area contributed by atoms with E-state index in [1.165, 1.54) is 24.3 Å². The summed E-state index contributed by atoms with van der Waals surface area (Å²) >= 11 is 0. The second-order valence-electron chi connectivity index (χ2n) is 8.25. The van der Waals surface area contributed by atoms with Crippen molar-refractivity contribution in [3.05, 3.63) is 89.2 Å². The van der Waals surface area contributed by atoms with Crippen molar-refractivity contribution in [1.29, 1.82) is 0 Å². The molecule has 1 amide bonds. The lowest BCUT2D eigenvalue weighted by atomic mass is 9.74. The summed E-state index contributed by atoms with van der Waals surface area (Å²) in [6.07, 6.45) is 0.772. The number of carbonyl (C=O) groups excluding carboxylic acids is 2. The van der Waals surface area contributed by atoms with Crippen molar-refractivity contribution < 1.29 is 18.7 Å². The molecule has 0 aliphatic carbocycles. The van der Waals surface area contributed by atoms with Crippen molar-refractivity contribution >= 4 is 23.8 Å². The Hall–Kier alpha value is -3.67. The fraction of sp³-hybridized carbons (Fsp3) is 0.200. The Balaban J connectivity index is 1.63. The fourth-order valence-electron chi connectivity index (χ4n) is 4.10. The Morgan fingerprint density at radius 1 is 1.13 bits per heavy atom. The van der Waals surface area contributed by atoms with Gasteiger partial charge in [-0.1, -0.05) is 32.0 Å². The van der Waals surface area contributed by atoms with Gasteiger partial charge in [0.15, 0.2) is 0 Å². The number of nitrogens with one attached hydrogen (secondary N) is 2. The average Bonchev–Trinajstić information content (AvgIpc) is 2.75. The number of para-hydroxylation sites is 1. The molecule has 6 heteroatoms. The average molecular weight is 418 g/mol. The van der Waals surface area contributed by atoms with Gasteiger partial charge < -0.3 is 15.4 Å². The molecule has 2 N–H and O–H groups in total. The first-order valence-corrected chi connectivity index (χ1v) is 10.0. The maximum Gasteiger partial charge on any atom is 0.298 e. The van der Waals surface area contributed by atoms with E-state index in [9.17, 15) is 14.0 Å². The first-order valence-electron chi connectivity index (χ1n) is 10.0. The quantitative estimate of drug-likeness (QED) is 0.541. The molecule has 158 valence electrons. The van der Waals surface area contributed by atoms with Crippen LogP contribution >= 0.6 is 0 Å². The van der Waals surface area contributed by atoms with Crippen LogP contribution in [0, 0.1) is 5.82 Å². The Bertz CT molecular complexity index is 1130. The van der Waals surface area contributed by atoms with Gasteiger partial charge in [0.05, 0.1) is 6.04 Å². The summed E-state index contributed by atoms with van der Waals surface area (Å²) in [5.74, 6) is -0.168. The highest BCUT2D eigenvalue weighted by molar-refractivity contribution is 6.04. The molecule has 1 atom stereocenters. The summed E-state index contributed by atoms with van der Waals surface area (Å²) in [6.45, 7) is 4.71. The number of fused-ring (bicyclic) bond motifs is 1. The second-order valence-corrected chi connectivity index (χ2v) is 8.25. The highest BCUT2D eigenvalue weighted by Gasteiger charge is 2.34. The van der Waals surface area contributed by atoms with Gasteiger partial charge in [0.25, 0.3) is 12.4 Å². The summed E-state index contributed by atoms with van der Waals surface area (Å²) in [5.41, 5.74) is 3.89. The summed E-state index contributed by atoms with van der Waals surface area (Å²) in [6, 6.07) is 18.6. The minimum Gasteiger partial charge on any atom is -0.429 e. The molecule has 1 heterocycles. The van der Waals surface area contributed by atoms with E-state index in [0.29, 0.717) is 23.5 Å². The largest absolute Gasteiger partial charge is 0.429 e. The van der Waals surface area contributed by atoms with Gasteiger partial charge in [-0.05, 0) is 71.5 Å². The third kappa shape index (κ3) is 4.28. The van der Waals surface area contributed by atoms with Gasteiger partial charge in [0.2, 0.25) is 0 Å². The van der Waals surface area contributed by atoms with Gasteiger partial charge in [-0.25, -0.2) is 4.39 Å². The lowest BCUT2D eigenvalue weighted by molar-refractivity contribution is -0.120. The molecule has 1 aliphatic rings. The van der Waals surface area contributed by atoms with E-state index >= 15 is 0 Å². The van der Waals surface area contributed by atoms with Crippen molar-refractivity contribution in [2.75, 3.05) is 10.6 Å². The van der Waals surface area contributed by atoms with E-state index < -0.39 is 0 Å². The zero-order valence-corrected chi connectivity index (χ0v) is 17.3. The topological polar surface area (TPSA) is 67.4 Å². The number of halogens is 1. The van der Waals surface area contributed by atoms with E-state index in [1.54, 1.807) is 6.07 Å². The molecular formula is C25H23FN2O3. The highest BCUT2D eigenvalue weighted by atomic mass is 19.1. The van der Waals surface area contributed by atoms with E-state index in [-0.39, 0.29) is 23.2 Å². The minimum absolute atomic E-state index is 0.0370. The fourth-order valence-corrected chi connectivity index (χ4v) is 4.10. The summed E-state index contributed by atoms with van der Waals surface area (Å²) < 4.78 is 18.2. The molecule has 4 rings (SSSR count). The summed E-state index contributed by atoms with van der Waals surface area (Å²) in [7, 11) is 0. The molecule has 0 saturated carbocycles. The molecule has 31 heavy (non-hydrogen) atoms. The Morgan fingerprint density at radius 2 is 1.87 bits per heavy atom. The normalized spacial score (nSPS) is 16.5. The monoisotopic (exact) mass is 418 g/mol. The smallest absolute Gasteiger partial charge is 0.298 e. The van der Waals surface area contributed by atoms with E-state index in [2.05, 4.69) is 24.5 Å². The van der Waals surface area contributed by atoms with Crippen molar-refractivity contribution in [3.63, 3.8) is 0 Å². The van der Waals surface area contributed by atoms with Gasteiger partial charge in [-0.3, -0.25) is 9.59 Å². The first kappa shape index (κ1) is 20.6. The van der Waals surface area contributed by atoms with Crippen molar-refractivity contribution in [2.45, 2.75) is 31.7 Å². The van der Waals surface area contributed by atoms with Crippen LogP contribution in [0.25, 0.3) is 0 Å². The Kier molecular flexibility index (Phi) is 5.46. The van der Waals surface area contributed by atoms with Crippen LogP contribution in [0.1, 0.15) is 47.8 Å². The van der Waals surface area contributed by atoms with Crippen LogP contribution in [0.2, 0.25) is 0 Å². The molecule has 0 bridgehead atoms. The molecule has 1 unspecified atom stereocenters. The molecule has 3 aromatic rings. The van der Waals surface area contributed by atoms with Crippen molar-refractivity contribution in [1.82, 2.24) is 0 Å². The zero-order chi connectivity index (χ0) is 22.0. The maximum atomic E-state index is 13.2. The second kappa shape index (κ2) is 8.22. The van der Waals surface area contributed by atoms with Crippen LogP contribution in [0.4, 0.5) is 15.8 Å². The molecule has 0 saturated heterocycles. The third-order valence-corrected chi connectivity index (χ3v) is 5.64. The number of hydrogen-bond acceptors (Lipinski definition) is 4. The number of ether oxygens (including phenoxy) is 1. The van der Waals surface area contributed by atoms with Crippen molar-refractivity contribution in [2.24, 2.45) is 0 Å². The van der Waals surface area contributed by atoms with Crippen LogP contribution < -0.4 is 15.4 Å². The first-order chi connectivity index (χ1) is 14.9.